The largest absolute Gasteiger partial charge is 0.328 e. The lowest BCUT2D eigenvalue weighted by molar-refractivity contribution is -0.118. The van der Waals surface area contributed by atoms with Crippen LogP contribution in [0.1, 0.15) is 0 Å². The zero-order chi connectivity index (χ0) is 9.97. The van der Waals surface area contributed by atoms with E-state index >= 15 is 0 Å². The Morgan fingerprint density at radius 3 is 1.64 bits per heavy atom. The minimum Gasteiger partial charge on any atom is -0.328 e. The van der Waals surface area contributed by atoms with Crippen LogP contribution in [0.4, 0.5) is 0 Å². The molecule has 4 nitrogen and oxygen atoms in total. The van der Waals surface area contributed by atoms with Gasteiger partial charge in [-0.25, -0.2) is 0 Å². The Morgan fingerprint density at radius 2 is 1.29 bits per heavy atom. The van der Waals surface area contributed by atoms with Crippen LogP contribution in [-0.2, 0) is 9.59 Å². The van der Waals surface area contributed by atoms with E-state index in [1.54, 1.807) is 23.2 Å². The first-order valence-corrected chi connectivity index (χ1v) is 5.54. The van der Waals surface area contributed by atoms with Crippen LogP contribution < -0.4 is 10.6 Å². The van der Waals surface area contributed by atoms with E-state index in [9.17, 15) is 9.59 Å². The highest BCUT2D eigenvalue weighted by molar-refractivity contribution is 8.10. The summed E-state index contributed by atoms with van der Waals surface area (Å²) in [4.78, 5) is 23.6. The Kier molecular flexibility index (Phi) is 2.64. The van der Waals surface area contributed by atoms with Crippen molar-refractivity contribution in [2.45, 2.75) is 0 Å². The first kappa shape index (κ1) is 9.42. The molecule has 0 aromatic rings. The van der Waals surface area contributed by atoms with Crippen molar-refractivity contribution in [1.82, 2.24) is 10.6 Å². The first-order valence-electron chi connectivity index (χ1n) is 3.78. The van der Waals surface area contributed by atoms with Crippen molar-refractivity contribution in [2.75, 3.05) is 0 Å². The predicted octanol–water partition coefficient (Wildman–Crippen LogP) is 0.866. The lowest BCUT2D eigenvalue weighted by atomic mass is 10.4. The predicted molar refractivity (Wildman–Crippen MR) is 56.8 cm³/mol. The van der Waals surface area contributed by atoms with E-state index < -0.39 is 0 Å². The van der Waals surface area contributed by atoms with Crippen LogP contribution in [-0.4, -0.2) is 11.8 Å². The summed E-state index contributed by atoms with van der Waals surface area (Å²) in [7, 11) is 0. The second-order valence-electron chi connectivity index (χ2n) is 2.45. The molecular formula is C8H6N2O2S2. The molecule has 0 aromatic carbocycles. The van der Waals surface area contributed by atoms with Crippen LogP contribution in [0.15, 0.2) is 33.0 Å². The molecule has 0 saturated carbocycles. The van der Waals surface area contributed by atoms with E-state index in [1.807, 2.05) is 0 Å². The molecule has 14 heavy (non-hydrogen) atoms. The first-order chi connectivity index (χ1) is 6.79. The van der Waals surface area contributed by atoms with Gasteiger partial charge in [0.25, 0.3) is 11.8 Å². The monoisotopic (exact) mass is 226 g/mol. The lowest BCUT2D eigenvalue weighted by Gasteiger charge is -2.14. The molecule has 72 valence electrons. The third-order valence-corrected chi connectivity index (χ3v) is 3.48. The number of amides is 2. The maximum absolute atomic E-state index is 11.4. The van der Waals surface area contributed by atoms with E-state index in [1.165, 1.54) is 23.5 Å². The Balaban J connectivity index is 2.38. The molecule has 0 bridgehead atoms. The summed E-state index contributed by atoms with van der Waals surface area (Å²) in [6.07, 6.45) is 3.11. The Morgan fingerprint density at radius 1 is 0.857 bits per heavy atom. The SMILES string of the molecule is O=C1NC=CS/C1=C1\SC=CNC1=O. The molecule has 2 amide bonds. The summed E-state index contributed by atoms with van der Waals surface area (Å²) in [6.45, 7) is 0. The Labute approximate surface area is 88.9 Å². The van der Waals surface area contributed by atoms with Gasteiger partial charge in [0.1, 0.15) is 0 Å². The highest BCUT2D eigenvalue weighted by atomic mass is 32.2. The van der Waals surface area contributed by atoms with Crippen LogP contribution in [0.25, 0.3) is 0 Å². The number of thioether (sulfide) groups is 2. The molecule has 0 radical (unpaired) electrons. The van der Waals surface area contributed by atoms with Gasteiger partial charge in [0.15, 0.2) is 0 Å². The Hall–Kier alpha value is -1.14. The molecule has 0 fully saturated rings. The van der Waals surface area contributed by atoms with E-state index in [0.29, 0.717) is 9.81 Å². The highest BCUT2D eigenvalue weighted by Gasteiger charge is 2.23. The molecule has 0 spiro atoms. The van der Waals surface area contributed by atoms with Crippen LogP contribution in [0.3, 0.4) is 0 Å². The zero-order valence-corrected chi connectivity index (χ0v) is 8.58. The Bertz CT molecular complexity index is 349. The molecule has 2 aliphatic heterocycles. The van der Waals surface area contributed by atoms with Gasteiger partial charge in [-0.05, 0) is 10.8 Å². The van der Waals surface area contributed by atoms with Gasteiger partial charge in [0.2, 0.25) is 0 Å². The number of hydrogen-bond acceptors (Lipinski definition) is 4. The molecule has 0 atom stereocenters. The van der Waals surface area contributed by atoms with Gasteiger partial charge in [0, 0.05) is 12.4 Å². The number of hydrogen-bond donors (Lipinski definition) is 2. The van der Waals surface area contributed by atoms with Crippen molar-refractivity contribution in [3.8, 4) is 0 Å². The summed E-state index contributed by atoms with van der Waals surface area (Å²) in [5.41, 5.74) is 0. The van der Waals surface area contributed by atoms with Gasteiger partial charge < -0.3 is 10.6 Å². The maximum atomic E-state index is 11.4. The van der Waals surface area contributed by atoms with Crippen molar-refractivity contribution in [2.24, 2.45) is 0 Å². The lowest BCUT2D eigenvalue weighted by Crippen LogP contribution is -2.27. The molecule has 2 N–H and O–H groups in total. The third kappa shape index (κ3) is 1.71. The van der Waals surface area contributed by atoms with Gasteiger partial charge in [-0.2, -0.15) is 0 Å². The molecular weight excluding hydrogens is 220 g/mol. The van der Waals surface area contributed by atoms with Crippen molar-refractivity contribution in [1.29, 1.82) is 0 Å². The summed E-state index contributed by atoms with van der Waals surface area (Å²) in [5.74, 6) is -0.462. The molecule has 0 aliphatic carbocycles. The number of rotatable bonds is 0. The summed E-state index contributed by atoms with van der Waals surface area (Å²) in [5, 5.41) is 8.53. The fourth-order valence-corrected chi connectivity index (χ4v) is 2.54. The molecule has 0 saturated heterocycles. The van der Waals surface area contributed by atoms with Gasteiger partial charge in [-0.1, -0.05) is 23.5 Å². The van der Waals surface area contributed by atoms with Crippen LogP contribution >= 0.6 is 23.5 Å². The summed E-state index contributed by atoms with van der Waals surface area (Å²) in [6, 6.07) is 0. The standard InChI is InChI=1S/C8H6N2O2S2/c11-7-5(13-3-1-9-7)6-8(12)10-2-4-14-6/h1-4H,(H,9,11)(H,10,12)/b6-5-. The summed E-state index contributed by atoms with van der Waals surface area (Å²) < 4.78 is 0. The number of carbonyl (C=O) groups is 2. The second kappa shape index (κ2) is 3.93. The zero-order valence-electron chi connectivity index (χ0n) is 6.94. The van der Waals surface area contributed by atoms with E-state index in [4.69, 9.17) is 0 Å². The minimum absolute atomic E-state index is 0.231. The van der Waals surface area contributed by atoms with Crippen molar-refractivity contribution >= 4 is 35.3 Å². The number of nitrogens with one attached hydrogen (secondary N) is 2. The molecule has 0 aromatic heterocycles. The smallest absolute Gasteiger partial charge is 0.263 e. The van der Waals surface area contributed by atoms with E-state index in [0.717, 1.165) is 0 Å². The van der Waals surface area contributed by atoms with Gasteiger partial charge >= 0.3 is 0 Å². The van der Waals surface area contributed by atoms with E-state index in [-0.39, 0.29) is 11.8 Å². The average Bonchev–Trinajstić information content (AvgIpc) is 2.20. The highest BCUT2D eigenvalue weighted by Crippen LogP contribution is 2.32. The van der Waals surface area contributed by atoms with Gasteiger partial charge in [0.05, 0.1) is 9.81 Å². The minimum atomic E-state index is -0.231. The second-order valence-corrected chi connectivity index (χ2v) is 4.28. The third-order valence-electron chi connectivity index (χ3n) is 1.56. The van der Waals surface area contributed by atoms with Crippen molar-refractivity contribution in [3.05, 3.63) is 33.0 Å². The van der Waals surface area contributed by atoms with Crippen molar-refractivity contribution < 1.29 is 9.59 Å². The van der Waals surface area contributed by atoms with Gasteiger partial charge in [-0.15, -0.1) is 0 Å². The molecule has 2 heterocycles. The van der Waals surface area contributed by atoms with E-state index in [2.05, 4.69) is 10.6 Å². The molecule has 2 aliphatic rings. The molecule has 0 unspecified atom stereocenters. The average molecular weight is 226 g/mol. The van der Waals surface area contributed by atoms with Crippen molar-refractivity contribution in [3.63, 3.8) is 0 Å². The topological polar surface area (TPSA) is 58.2 Å². The summed E-state index contributed by atoms with van der Waals surface area (Å²) >= 11 is 2.51. The van der Waals surface area contributed by atoms with Crippen LogP contribution in [0, 0.1) is 0 Å². The fraction of sp³-hybridized carbons (Fsp3) is 0. The van der Waals surface area contributed by atoms with Gasteiger partial charge in [-0.3, -0.25) is 9.59 Å². The fourth-order valence-electron chi connectivity index (χ4n) is 0.975. The van der Waals surface area contributed by atoms with Crippen LogP contribution in [0.5, 0.6) is 0 Å². The quantitative estimate of drug-likeness (QED) is 0.602. The molecule has 6 heteroatoms. The van der Waals surface area contributed by atoms with Crippen LogP contribution in [0.2, 0.25) is 0 Å². The number of carbonyl (C=O) groups excluding carboxylic acids is 2. The maximum Gasteiger partial charge on any atom is 0.263 e. The molecule has 2 rings (SSSR count). The normalized spacial score (nSPS) is 26.0.